The average Bonchev–Trinajstić information content (AvgIpc) is 2.75. The Morgan fingerprint density at radius 1 is 1.48 bits per heavy atom. The van der Waals surface area contributed by atoms with Crippen LogP contribution in [0.4, 0.5) is 4.79 Å². The van der Waals surface area contributed by atoms with Crippen LogP contribution in [0.2, 0.25) is 5.15 Å². The van der Waals surface area contributed by atoms with Gasteiger partial charge >= 0.3 is 6.09 Å². The average molecular weight is 307 g/mol. The number of nitrogens with zero attached hydrogens (tertiary/aromatic N) is 3. The molecule has 1 amide bonds. The molecule has 0 unspecified atom stereocenters. The Kier molecular flexibility index (Phi) is 4.94. The highest BCUT2D eigenvalue weighted by atomic mass is 35.5. The summed E-state index contributed by atoms with van der Waals surface area (Å²) in [7, 11) is 1.26. The van der Waals surface area contributed by atoms with Gasteiger partial charge in [-0.15, -0.1) is 0 Å². The molecule has 21 heavy (non-hydrogen) atoms. The summed E-state index contributed by atoms with van der Waals surface area (Å²) in [6.45, 7) is 2.39. The zero-order valence-corrected chi connectivity index (χ0v) is 12.5. The fourth-order valence-electron chi connectivity index (χ4n) is 1.77. The Morgan fingerprint density at radius 3 is 2.86 bits per heavy atom. The van der Waals surface area contributed by atoms with Crippen molar-refractivity contribution in [2.75, 3.05) is 7.11 Å². The molecule has 0 saturated carbocycles. The lowest BCUT2D eigenvalue weighted by Gasteiger charge is -2.03. The second kappa shape index (κ2) is 6.90. The lowest BCUT2D eigenvalue weighted by atomic mass is 10.2. The summed E-state index contributed by atoms with van der Waals surface area (Å²) in [4.78, 5) is 10.9. The minimum Gasteiger partial charge on any atom is -0.452 e. The zero-order valence-electron chi connectivity index (χ0n) is 11.7. The first-order valence-electron chi connectivity index (χ1n) is 6.25. The minimum absolute atomic E-state index is 0.465. The van der Waals surface area contributed by atoms with Crippen molar-refractivity contribution in [3.63, 3.8) is 0 Å². The third-order valence-corrected chi connectivity index (χ3v) is 3.22. The summed E-state index contributed by atoms with van der Waals surface area (Å²) in [6, 6.07) is 9.88. The highest BCUT2D eigenvalue weighted by molar-refractivity contribution is 6.32. The number of hydrogen-bond donors (Lipinski definition) is 1. The molecule has 0 bridgehead atoms. The van der Waals surface area contributed by atoms with Gasteiger partial charge in [-0.3, -0.25) is 0 Å². The molecule has 0 spiro atoms. The summed E-state index contributed by atoms with van der Waals surface area (Å²) in [6.07, 6.45) is 0.806. The predicted molar refractivity (Wildman–Crippen MR) is 80.7 cm³/mol. The molecule has 0 saturated heterocycles. The fourth-order valence-corrected chi connectivity index (χ4v) is 2.05. The number of nitrogens with one attached hydrogen (secondary N) is 1. The number of halogens is 1. The molecule has 2 rings (SSSR count). The fraction of sp³-hybridized carbons (Fsp3) is 0.214. The van der Waals surface area contributed by atoms with Gasteiger partial charge in [-0.2, -0.15) is 10.2 Å². The SMILES string of the molecule is COC(=O)NN=Cc1c(C)nn(Cc2ccccc2)c1Cl. The van der Waals surface area contributed by atoms with Crippen LogP contribution in [0.1, 0.15) is 16.8 Å². The topological polar surface area (TPSA) is 68.5 Å². The largest absolute Gasteiger partial charge is 0.452 e. The molecule has 7 heteroatoms. The van der Waals surface area contributed by atoms with Crippen molar-refractivity contribution >= 4 is 23.9 Å². The number of ether oxygens (including phenoxy) is 1. The number of methoxy groups -OCH3 is 1. The first kappa shape index (κ1) is 15.1. The Labute approximate surface area is 127 Å². The van der Waals surface area contributed by atoms with Gasteiger partial charge in [0.05, 0.1) is 31.1 Å². The number of benzene rings is 1. The van der Waals surface area contributed by atoms with Crippen LogP contribution in [0.3, 0.4) is 0 Å². The number of hydrazone groups is 1. The summed E-state index contributed by atoms with van der Waals surface area (Å²) >= 11 is 6.29. The van der Waals surface area contributed by atoms with E-state index in [1.807, 2.05) is 37.3 Å². The van der Waals surface area contributed by atoms with Gasteiger partial charge in [0, 0.05) is 0 Å². The zero-order chi connectivity index (χ0) is 15.2. The Hall–Kier alpha value is -2.34. The third kappa shape index (κ3) is 3.82. The molecule has 1 aromatic carbocycles. The molecule has 1 heterocycles. The van der Waals surface area contributed by atoms with Crippen LogP contribution in [0, 0.1) is 6.92 Å². The van der Waals surface area contributed by atoms with Crippen molar-refractivity contribution in [2.45, 2.75) is 13.5 Å². The second-order valence-corrected chi connectivity index (χ2v) is 4.65. The van der Waals surface area contributed by atoms with Crippen LogP contribution < -0.4 is 5.43 Å². The highest BCUT2D eigenvalue weighted by Gasteiger charge is 2.12. The Balaban J connectivity index is 2.16. The molecule has 0 aliphatic carbocycles. The molecule has 0 aliphatic heterocycles. The molecule has 2 aromatic rings. The smallest absolute Gasteiger partial charge is 0.427 e. The molecule has 1 aromatic heterocycles. The second-order valence-electron chi connectivity index (χ2n) is 4.29. The van der Waals surface area contributed by atoms with E-state index >= 15 is 0 Å². The summed E-state index contributed by atoms with van der Waals surface area (Å²) in [5.41, 5.74) is 4.69. The Morgan fingerprint density at radius 2 is 2.19 bits per heavy atom. The Bertz CT molecular complexity index is 652. The third-order valence-electron chi connectivity index (χ3n) is 2.82. The van der Waals surface area contributed by atoms with E-state index in [2.05, 4.69) is 20.4 Å². The van der Waals surface area contributed by atoms with E-state index in [0.29, 0.717) is 17.3 Å². The molecule has 6 nitrogen and oxygen atoms in total. The van der Waals surface area contributed by atoms with Crippen LogP contribution in [0.25, 0.3) is 0 Å². The van der Waals surface area contributed by atoms with Gasteiger partial charge in [0.25, 0.3) is 0 Å². The van der Waals surface area contributed by atoms with Crippen molar-refractivity contribution < 1.29 is 9.53 Å². The van der Waals surface area contributed by atoms with Crippen molar-refractivity contribution in [3.05, 3.63) is 52.3 Å². The lowest BCUT2D eigenvalue weighted by Crippen LogP contribution is -2.16. The summed E-state index contributed by atoms with van der Waals surface area (Å²) in [5.74, 6) is 0. The molecule has 0 fully saturated rings. The van der Waals surface area contributed by atoms with Crippen LogP contribution >= 0.6 is 11.6 Å². The van der Waals surface area contributed by atoms with Crippen molar-refractivity contribution in [1.29, 1.82) is 0 Å². The van der Waals surface area contributed by atoms with Crippen LogP contribution in [-0.2, 0) is 11.3 Å². The van der Waals surface area contributed by atoms with E-state index in [1.54, 1.807) is 4.68 Å². The standard InChI is InChI=1S/C14H15ClN4O2/c1-10-12(8-16-17-14(20)21-2)13(15)19(18-10)9-11-6-4-3-5-7-11/h3-8H,9H2,1-2H3,(H,17,20). The van der Waals surface area contributed by atoms with E-state index in [1.165, 1.54) is 13.3 Å². The van der Waals surface area contributed by atoms with Crippen molar-refractivity contribution in [2.24, 2.45) is 5.10 Å². The predicted octanol–water partition coefficient (Wildman–Crippen LogP) is 2.58. The molecule has 0 radical (unpaired) electrons. The van der Waals surface area contributed by atoms with Crippen molar-refractivity contribution in [3.8, 4) is 0 Å². The van der Waals surface area contributed by atoms with E-state index in [4.69, 9.17) is 11.6 Å². The molecule has 0 aliphatic rings. The van der Waals surface area contributed by atoms with E-state index in [9.17, 15) is 4.79 Å². The van der Waals surface area contributed by atoms with Gasteiger partial charge in [0.1, 0.15) is 5.15 Å². The number of aromatic nitrogens is 2. The number of hydrogen-bond acceptors (Lipinski definition) is 4. The first-order chi connectivity index (χ1) is 10.1. The minimum atomic E-state index is -0.642. The number of amides is 1. The van der Waals surface area contributed by atoms with Gasteiger partial charge in [0.2, 0.25) is 0 Å². The molecular formula is C14H15ClN4O2. The maximum absolute atomic E-state index is 10.9. The lowest BCUT2D eigenvalue weighted by molar-refractivity contribution is 0.171. The quantitative estimate of drug-likeness (QED) is 0.697. The summed E-state index contributed by atoms with van der Waals surface area (Å²) < 4.78 is 6.10. The summed E-state index contributed by atoms with van der Waals surface area (Å²) in [5, 5.41) is 8.60. The van der Waals surface area contributed by atoms with Gasteiger partial charge in [-0.25, -0.2) is 14.9 Å². The van der Waals surface area contributed by atoms with Crippen LogP contribution in [-0.4, -0.2) is 29.2 Å². The van der Waals surface area contributed by atoms with E-state index in [-0.39, 0.29) is 0 Å². The van der Waals surface area contributed by atoms with Crippen LogP contribution in [0.15, 0.2) is 35.4 Å². The van der Waals surface area contributed by atoms with Gasteiger partial charge < -0.3 is 4.74 Å². The van der Waals surface area contributed by atoms with Gasteiger partial charge in [0.15, 0.2) is 0 Å². The van der Waals surface area contributed by atoms with E-state index < -0.39 is 6.09 Å². The van der Waals surface area contributed by atoms with Gasteiger partial charge in [-0.05, 0) is 12.5 Å². The van der Waals surface area contributed by atoms with Crippen LogP contribution in [0.5, 0.6) is 0 Å². The molecular weight excluding hydrogens is 292 g/mol. The highest BCUT2D eigenvalue weighted by Crippen LogP contribution is 2.19. The number of rotatable bonds is 4. The van der Waals surface area contributed by atoms with Crippen molar-refractivity contribution in [1.82, 2.24) is 15.2 Å². The molecule has 110 valence electrons. The number of aryl methyl sites for hydroxylation is 1. The normalized spacial score (nSPS) is 10.8. The van der Waals surface area contributed by atoms with Gasteiger partial charge in [-0.1, -0.05) is 41.9 Å². The molecule has 1 N–H and O–H groups in total. The number of carbonyl (C=O) groups excluding carboxylic acids is 1. The number of carbonyl (C=O) groups is 1. The monoisotopic (exact) mass is 306 g/mol. The first-order valence-corrected chi connectivity index (χ1v) is 6.63. The maximum Gasteiger partial charge on any atom is 0.427 e. The maximum atomic E-state index is 10.9. The van der Waals surface area contributed by atoms with E-state index in [0.717, 1.165) is 11.3 Å². The molecule has 0 atom stereocenters.